The molecule has 5 nitrogen and oxygen atoms in total. The van der Waals surface area contributed by atoms with Crippen LogP contribution in [0.1, 0.15) is 22.3 Å². The summed E-state index contributed by atoms with van der Waals surface area (Å²) in [5.41, 5.74) is 19.1. The molecule has 0 unspecified atom stereocenters. The van der Waals surface area contributed by atoms with Gasteiger partial charge in [-0.25, -0.2) is 15.0 Å². The van der Waals surface area contributed by atoms with Crippen LogP contribution in [0.25, 0.3) is 89.5 Å². The van der Waals surface area contributed by atoms with Crippen LogP contribution in [-0.4, -0.2) is 15.0 Å². The normalized spacial score (nSPS) is 13.0. The zero-order chi connectivity index (χ0) is 45.5. The van der Waals surface area contributed by atoms with Crippen molar-refractivity contribution in [3.8, 4) is 67.5 Å². The molecular weight excluding hydrogens is 841 g/mol. The molecule has 1 aliphatic carbocycles. The van der Waals surface area contributed by atoms with Gasteiger partial charge in [-0.05, 0) is 104 Å². The second-order valence-corrected chi connectivity index (χ2v) is 17.9. The summed E-state index contributed by atoms with van der Waals surface area (Å²) in [6.07, 6.45) is 0. The monoisotopic (exact) mass is 880 g/mol. The van der Waals surface area contributed by atoms with Gasteiger partial charge in [-0.1, -0.05) is 194 Å². The zero-order valence-corrected chi connectivity index (χ0v) is 37.3. The van der Waals surface area contributed by atoms with Crippen LogP contribution in [0.5, 0.6) is 0 Å². The lowest BCUT2D eigenvalue weighted by atomic mass is 9.64. The molecule has 0 atom stereocenters. The third-order valence-corrected chi connectivity index (χ3v) is 14.1. The maximum Gasteiger partial charge on any atom is 0.164 e. The van der Waals surface area contributed by atoms with Gasteiger partial charge in [0.15, 0.2) is 17.5 Å². The molecule has 0 radical (unpaired) electrons. The number of hydrogen-bond acceptors (Lipinski definition) is 5. The first kappa shape index (κ1) is 39.0. The van der Waals surface area contributed by atoms with E-state index in [1.54, 1.807) is 0 Å². The Morgan fingerprint density at radius 1 is 0.319 bits per heavy atom. The third kappa shape index (κ3) is 6.00. The Bertz CT molecular complexity index is 3760. The fourth-order valence-electron chi connectivity index (χ4n) is 11.1. The highest BCUT2D eigenvalue weighted by Gasteiger charge is 2.52. The van der Waals surface area contributed by atoms with E-state index in [9.17, 15) is 0 Å². The molecule has 322 valence electrons. The molecule has 0 N–H and O–H groups in total. The Kier molecular flexibility index (Phi) is 8.73. The summed E-state index contributed by atoms with van der Waals surface area (Å²) in [6, 6.07) is 86.7. The predicted octanol–water partition coefficient (Wildman–Crippen LogP) is 16.3. The van der Waals surface area contributed by atoms with Crippen molar-refractivity contribution in [1.29, 1.82) is 0 Å². The van der Waals surface area contributed by atoms with E-state index in [2.05, 4.69) is 175 Å². The van der Waals surface area contributed by atoms with Crippen LogP contribution in [0, 0.1) is 0 Å². The second-order valence-electron chi connectivity index (χ2n) is 17.9. The first-order valence-corrected chi connectivity index (χ1v) is 23.4. The van der Waals surface area contributed by atoms with Crippen molar-refractivity contribution in [2.75, 3.05) is 4.90 Å². The van der Waals surface area contributed by atoms with Crippen molar-refractivity contribution in [2.45, 2.75) is 5.41 Å². The lowest BCUT2D eigenvalue weighted by Gasteiger charge is -2.45. The van der Waals surface area contributed by atoms with Crippen LogP contribution in [0.2, 0.25) is 0 Å². The predicted molar refractivity (Wildman–Crippen MR) is 280 cm³/mol. The van der Waals surface area contributed by atoms with Gasteiger partial charge in [-0.2, -0.15) is 0 Å². The van der Waals surface area contributed by atoms with Gasteiger partial charge in [-0.3, -0.25) is 0 Å². The molecule has 0 fully saturated rings. The van der Waals surface area contributed by atoms with Crippen molar-refractivity contribution in [3.05, 3.63) is 265 Å². The van der Waals surface area contributed by atoms with Crippen molar-refractivity contribution < 1.29 is 4.42 Å². The van der Waals surface area contributed by atoms with Crippen LogP contribution < -0.4 is 4.90 Å². The standard InChI is InChI=1S/C64H40N4O/c1-5-18-41(19-6-1)45-32-35-56-54(38-45)64(52-29-15-13-26-48(52)49-27-14-16-30-53(49)64)55-39-46(42-20-7-2-8-21-42)33-36-57(55)68(56)47-34-37-58-51(40-47)60-50(28-17-31-59(60)69-58)63-66-61(43-22-9-3-10-23-43)65-62(67-63)44-24-11-4-12-25-44/h1-40H. The maximum atomic E-state index is 6.72. The number of anilines is 3. The van der Waals surface area contributed by atoms with Crippen LogP contribution in [0.3, 0.4) is 0 Å². The highest BCUT2D eigenvalue weighted by Crippen LogP contribution is 2.64. The number of fused-ring (bicyclic) bond motifs is 12. The Morgan fingerprint density at radius 3 is 1.32 bits per heavy atom. The Hall–Kier alpha value is -9.19. The van der Waals surface area contributed by atoms with Gasteiger partial charge >= 0.3 is 0 Å². The molecule has 1 aliphatic heterocycles. The molecule has 0 bridgehead atoms. The molecule has 12 aromatic rings. The van der Waals surface area contributed by atoms with Crippen LogP contribution in [0.4, 0.5) is 17.1 Å². The minimum atomic E-state index is -0.630. The molecule has 1 spiro atoms. The molecular formula is C64H40N4O. The summed E-state index contributed by atoms with van der Waals surface area (Å²) in [6.45, 7) is 0. The number of furan rings is 1. The molecule has 2 aliphatic rings. The Morgan fingerprint density at radius 2 is 0.783 bits per heavy atom. The van der Waals surface area contributed by atoms with Crippen molar-refractivity contribution in [2.24, 2.45) is 0 Å². The van der Waals surface area contributed by atoms with E-state index in [-0.39, 0.29) is 0 Å². The number of rotatable bonds is 6. The Balaban J connectivity index is 1.04. The van der Waals surface area contributed by atoms with Crippen molar-refractivity contribution in [1.82, 2.24) is 15.0 Å². The van der Waals surface area contributed by atoms with Crippen molar-refractivity contribution >= 4 is 39.0 Å². The summed E-state index contributed by atoms with van der Waals surface area (Å²) in [7, 11) is 0. The zero-order valence-electron chi connectivity index (χ0n) is 37.3. The first-order valence-electron chi connectivity index (χ1n) is 23.4. The summed E-state index contributed by atoms with van der Waals surface area (Å²) in [4.78, 5) is 17.8. The van der Waals surface area contributed by atoms with E-state index in [1.165, 1.54) is 55.6 Å². The summed E-state index contributed by atoms with van der Waals surface area (Å²) >= 11 is 0. The first-order chi connectivity index (χ1) is 34.2. The van der Waals surface area contributed by atoms with Crippen LogP contribution in [-0.2, 0) is 5.41 Å². The summed E-state index contributed by atoms with van der Waals surface area (Å²) in [5, 5.41) is 1.92. The molecule has 5 heteroatoms. The number of hydrogen-bond donors (Lipinski definition) is 0. The van der Waals surface area contributed by atoms with E-state index in [4.69, 9.17) is 19.4 Å². The van der Waals surface area contributed by atoms with Crippen molar-refractivity contribution in [3.63, 3.8) is 0 Å². The quantitative estimate of drug-likeness (QED) is 0.167. The van der Waals surface area contributed by atoms with Gasteiger partial charge in [-0.15, -0.1) is 0 Å². The average molecular weight is 881 g/mol. The molecule has 0 amide bonds. The van der Waals surface area contributed by atoms with Gasteiger partial charge < -0.3 is 9.32 Å². The molecule has 3 heterocycles. The van der Waals surface area contributed by atoms with E-state index >= 15 is 0 Å². The second kappa shape index (κ2) is 15.4. The third-order valence-electron chi connectivity index (χ3n) is 14.1. The van der Waals surface area contributed by atoms with Gasteiger partial charge in [0, 0.05) is 33.2 Å². The Labute approximate surface area is 399 Å². The van der Waals surface area contributed by atoms with E-state index in [0.29, 0.717) is 17.5 Å². The number of nitrogens with zero attached hydrogens (tertiary/aromatic N) is 4. The average Bonchev–Trinajstić information content (AvgIpc) is 3.95. The fraction of sp³-hybridized carbons (Fsp3) is 0.0156. The smallest absolute Gasteiger partial charge is 0.164 e. The molecule has 69 heavy (non-hydrogen) atoms. The van der Waals surface area contributed by atoms with Crippen LogP contribution in [0.15, 0.2) is 247 Å². The maximum absolute atomic E-state index is 6.72. The number of benzene rings is 10. The van der Waals surface area contributed by atoms with Gasteiger partial charge in [0.05, 0.1) is 16.8 Å². The molecule has 14 rings (SSSR count). The molecule has 2 aromatic heterocycles. The largest absolute Gasteiger partial charge is 0.456 e. The summed E-state index contributed by atoms with van der Waals surface area (Å²) < 4.78 is 6.72. The lowest BCUT2D eigenvalue weighted by molar-refractivity contribution is 0.669. The lowest BCUT2D eigenvalue weighted by Crippen LogP contribution is -2.36. The minimum Gasteiger partial charge on any atom is -0.456 e. The highest BCUT2D eigenvalue weighted by atomic mass is 16.3. The molecule has 0 saturated heterocycles. The van der Waals surface area contributed by atoms with Gasteiger partial charge in [0.2, 0.25) is 0 Å². The van der Waals surface area contributed by atoms with Gasteiger partial charge in [0.25, 0.3) is 0 Å². The van der Waals surface area contributed by atoms with E-state index in [1.807, 2.05) is 72.8 Å². The summed E-state index contributed by atoms with van der Waals surface area (Å²) in [5.74, 6) is 1.80. The van der Waals surface area contributed by atoms with Crippen LogP contribution >= 0.6 is 0 Å². The molecule has 0 saturated carbocycles. The minimum absolute atomic E-state index is 0.581. The fourth-order valence-corrected chi connectivity index (χ4v) is 11.1. The SMILES string of the molecule is c1ccc(-c2ccc3c(c2)C2(c4ccccc4-c4ccccc42)c2cc(-c4ccccc4)ccc2N3c2ccc3oc4cccc(-c5nc(-c6ccccc6)nc(-c6ccccc6)n5)c4c3c2)cc1. The van der Waals surface area contributed by atoms with Gasteiger partial charge in [0.1, 0.15) is 11.2 Å². The topological polar surface area (TPSA) is 55.1 Å². The van der Waals surface area contributed by atoms with E-state index < -0.39 is 5.41 Å². The number of aromatic nitrogens is 3. The highest BCUT2D eigenvalue weighted by molar-refractivity contribution is 6.13. The van der Waals surface area contributed by atoms with E-state index in [0.717, 1.165) is 55.7 Å². The molecule has 10 aromatic carbocycles.